The molecule has 0 spiro atoms. The average molecular weight is 537 g/mol. The molecule has 3 aromatic heterocycles. The number of nitrogens with zero attached hydrogens (tertiary/aromatic N) is 8. The lowest BCUT2D eigenvalue weighted by Gasteiger charge is -2.49. The second-order valence-electron chi connectivity index (χ2n) is 11.3. The van der Waals surface area contributed by atoms with Crippen LogP contribution in [0.5, 0.6) is 0 Å². The normalized spacial score (nSPS) is 23.8. The van der Waals surface area contributed by atoms with Gasteiger partial charge in [0.05, 0.1) is 12.6 Å². The third-order valence-electron chi connectivity index (χ3n) is 8.22. The van der Waals surface area contributed by atoms with Gasteiger partial charge in [-0.15, -0.1) is 10.2 Å². The van der Waals surface area contributed by atoms with Crippen molar-refractivity contribution < 1.29 is 4.74 Å². The molecule has 0 bridgehead atoms. The Bertz CT molecular complexity index is 1420. The van der Waals surface area contributed by atoms with Crippen molar-refractivity contribution in [3.05, 3.63) is 47.0 Å². The third-order valence-corrected chi connectivity index (χ3v) is 8.48. The van der Waals surface area contributed by atoms with E-state index in [4.69, 9.17) is 26.3 Å². The van der Waals surface area contributed by atoms with E-state index in [1.165, 1.54) is 5.56 Å². The Hall–Kier alpha value is -2.75. The molecule has 4 aromatic rings. The Labute approximate surface area is 228 Å². The summed E-state index contributed by atoms with van der Waals surface area (Å²) < 4.78 is 10.2. The van der Waals surface area contributed by atoms with Crippen LogP contribution in [0.1, 0.15) is 58.0 Å². The maximum atomic E-state index is 6.21. The van der Waals surface area contributed by atoms with Crippen molar-refractivity contribution in [2.75, 3.05) is 24.6 Å². The lowest BCUT2D eigenvalue weighted by molar-refractivity contribution is 0.0822. The van der Waals surface area contributed by atoms with E-state index in [-0.39, 0.29) is 12.1 Å². The Morgan fingerprint density at radius 1 is 1.08 bits per heavy atom. The van der Waals surface area contributed by atoms with E-state index in [9.17, 15) is 0 Å². The van der Waals surface area contributed by atoms with Crippen molar-refractivity contribution in [2.24, 2.45) is 5.92 Å². The highest BCUT2D eigenvalue weighted by atomic mass is 35.5. The molecule has 4 atom stereocenters. The monoisotopic (exact) mass is 536 g/mol. The van der Waals surface area contributed by atoms with Crippen LogP contribution in [-0.2, 0) is 11.3 Å². The Morgan fingerprint density at radius 2 is 1.87 bits per heavy atom. The van der Waals surface area contributed by atoms with Gasteiger partial charge in [-0.2, -0.15) is 4.98 Å². The number of hydrogen-bond donors (Lipinski definition) is 0. The van der Waals surface area contributed by atoms with Gasteiger partial charge in [0.25, 0.3) is 5.78 Å². The summed E-state index contributed by atoms with van der Waals surface area (Å²) in [6.07, 6.45) is 4.13. The minimum atomic E-state index is 0.206. The first-order chi connectivity index (χ1) is 18.3. The highest BCUT2D eigenvalue weighted by molar-refractivity contribution is 6.30. The molecule has 1 aromatic carbocycles. The van der Waals surface area contributed by atoms with E-state index in [0.29, 0.717) is 23.8 Å². The molecule has 0 radical (unpaired) electrons. The molecule has 0 amide bonds. The van der Waals surface area contributed by atoms with Gasteiger partial charge in [0.15, 0.2) is 11.5 Å². The van der Waals surface area contributed by atoms with E-state index in [1.54, 1.807) is 6.33 Å². The summed E-state index contributed by atoms with van der Waals surface area (Å²) in [5.74, 6) is 2.91. The molecule has 10 heteroatoms. The van der Waals surface area contributed by atoms with Crippen molar-refractivity contribution >= 4 is 34.4 Å². The zero-order chi connectivity index (χ0) is 26.6. The fourth-order valence-electron chi connectivity index (χ4n) is 6.42. The van der Waals surface area contributed by atoms with Gasteiger partial charge in [-0.1, -0.05) is 37.6 Å². The standard InChI is InChI=1S/C28H37ClN8O/c1-17(2)25(21-8-10-22(29)11-9-21)34-13-19(4)35(14-18(34)3)26-24-27(37-16-30-33-28(37)32-26)36(20(5)31-24)15-23-7-6-12-38-23/h8-11,16-19,23,25H,6-7,12-15H2,1-5H3/t18-,19+,23?,25+/m1/s1. The number of piperazine rings is 1. The van der Waals surface area contributed by atoms with Gasteiger partial charge in [-0.25, -0.2) is 9.38 Å². The van der Waals surface area contributed by atoms with Crippen molar-refractivity contribution in [1.29, 1.82) is 0 Å². The van der Waals surface area contributed by atoms with Crippen LogP contribution >= 0.6 is 11.6 Å². The highest BCUT2D eigenvalue weighted by Crippen LogP contribution is 2.36. The number of hydrogen-bond acceptors (Lipinski definition) is 7. The van der Waals surface area contributed by atoms with E-state index < -0.39 is 0 Å². The predicted octanol–water partition coefficient (Wildman–Crippen LogP) is 4.91. The average Bonchev–Trinajstić information content (AvgIpc) is 3.63. The van der Waals surface area contributed by atoms with Crippen LogP contribution in [0.4, 0.5) is 5.82 Å². The van der Waals surface area contributed by atoms with E-state index in [2.05, 4.69) is 71.3 Å². The van der Waals surface area contributed by atoms with E-state index >= 15 is 0 Å². The molecule has 2 saturated heterocycles. The highest BCUT2D eigenvalue weighted by Gasteiger charge is 2.37. The number of rotatable bonds is 6. The molecule has 5 heterocycles. The van der Waals surface area contributed by atoms with Crippen molar-refractivity contribution in [1.82, 2.24) is 34.0 Å². The van der Waals surface area contributed by atoms with E-state index in [0.717, 1.165) is 66.9 Å². The summed E-state index contributed by atoms with van der Waals surface area (Å²) >= 11 is 6.21. The second-order valence-corrected chi connectivity index (χ2v) is 11.7. The first kappa shape index (κ1) is 25.5. The molecule has 1 unspecified atom stereocenters. The zero-order valence-electron chi connectivity index (χ0n) is 22.9. The number of ether oxygens (including phenoxy) is 1. The number of aromatic nitrogens is 6. The largest absolute Gasteiger partial charge is 0.376 e. The van der Waals surface area contributed by atoms with Crippen molar-refractivity contribution in [3.63, 3.8) is 0 Å². The molecule has 202 valence electrons. The number of fused-ring (bicyclic) bond motifs is 3. The van der Waals surface area contributed by atoms with Crippen LogP contribution in [-0.4, -0.2) is 71.9 Å². The van der Waals surface area contributed by atoms with Gasteiger partial charge in [0.2, 0.25) is 0 Å². The molecule has 6 rings (SSSR count). The number of anilines is 1. The molecular formula is C28H37ClN8O. The maximum Gasteiger partial charge on any atom is 0.258 e. The molecule has 0 N–H and O–H groups in total. The third kappa shape index (κ3) is 4.44. The van der Waals surface area contributed by atoms with Crippen LogP contribution < -0.4 is 4.90 Å². The summed E-state index contributed by atoms with van der Waals surface area (Å²) in [7, 11) is 0. The first-order valence-electron chi connectivity index (χ1n) is 13.8. The van der Waals surface area contributed by atoms with Crippen LogP contribution in [0.3, 0.4) is 0 Å². The summed E-state index contributed by atoms with van der Waals surface area (Å²) in [5.41, 5.74) is 3.20. The predicted molar refractivity (Wildman–Crippen MR) is 150 cm³/mol. The van der Waals surface area contributed by atoms with Crippen LogP contribution in [0, 0.1) is 12.8 Å². The lowest BCUT2D eigenvalue weighted by Crippen LogP contribution is -2.58. The van der Waals surface area contributed by atoms with E-state index in [1.807, 2.05) is 16.5 Å². The van der Waals surface area contributed by atoms with Crippen LogP contribution in [0.15, 0.2) is 30.6 Å². The van der Waals surface area contributed by atoms with Crippen molar-refractivity contribution in [3.8, 4) is 0 Å². The minimum absolute atomic E-state index is 0.206. The molecule has 2 aliphatic heterocycles. The van der Waals surface area contributed by atoms with Gasteiger partial charge in [-0.05, 0) is 57.2 Å². The quantitative estimate of drug-likeness (QED) is 0.346. The first-order valence-corrected chi connectivity index (χ1v) is 14.2. The molecule has 9 nitrogen and oxygen atoms in total. The van der Waals surface area contributed by atoms with Gasteiger partial charge in [-0.3, -0.25) is 4.90 Å². The Balaban J connectivity index is 1.37. The topological polar surface area (TPSA) is 76.6 Å². The second kappa shape index (κ2) is 10.1. The fourth-order valence-corrected chi connectivity index (χ4v) is 6.54. The Kier molecular flexibility index (Phi) is 6.78. The number of aryl methyl sites for hydroxylation is 1. The summed E-state index contributed by atoms with van der Waals surface area (Å²) in [4.78, 5) is 15.1. The molecule has 2 fully saturated rings. The van der Waals surface area contributed by atoms with Gasteiger partial charge in [0.1, 0.15) is 17.7 Å². The minimum Gasteiger partial charge on any atom is -0.376 e. The van der Waals surface area contributed by atoms with Crippen LogP contribution in [0.25, 0.3) is 16.9 Å². The lowest BCUT2D eigenvalue weighted by atomic mass is 9.91. The summed E-state index contributed by atoms with van der Waals surface area (Å²) in [5, 5.41) is 9.31. The van der Waals surface area contributed by atoms with Gasteiger partial charge in [0, 0.05) is 42.8 Å². The number of imidazole rings is 1. The van der Waals surface area contributed by atoms with Crippen molar-refractivity contribution in [2.45, 2.75) is 78.2 Å². The van der Waals surface area contributed by atoms with Crippen LogP contribution in [0.2, 0.25) is 5.02 Å². The summed E-state index contributed by atoms with van der Waals surface area (Å²) in [6.45, 7) is 14.7. The maximum absolute atomic E-state index is 6.21. The SMILES string of the molecule is Cc1nc2c(N3C[C@@H](C)N([C@H](c4ccc(Cl)cc4)C(C)C)C[C@@H]3C)nc3nncn3c2n1CC1CCCO1. The molecule has 0 aliphatic carbocycles. The Morgan fingerprint density at radius 3 is 2.58 bits per heavy atom. The smallest absolute Gasteiger partial charge is 0.258 e. The molecule has 38 heavy (non-hydrogen) atoms. The number of halogens is 1. The zero-order valence-corrected chi connectivity index (χ0v) is 23.6. The molecular weight excluding hydrogens is 500 g/mol. The fraction of sp³-hybridized carbons (Fsp3) is 0.571. The van der Waals surface area contributed by atoms with Gasteiger partial charge >= 0.3 is 0 Å². The molecule has 0 saturated carbocycles. The number of benzene rings is 1. The molecule has 2 aliphatic rings. The summed E-state index contributed by atoms with van der Waals surface area (Å²) in [6, 6.07) is 9.21. The van der Waals surface area contributed by atoms with Gasteiger partial charge < -0.3 is 14.2 Å².